The molecule has 4 heteroatoms. The van der Waals surface area contributed by atoms with Gasteiger partial charge in [-0.05, 0) is 6.42 Å². The van der Waals surface area contributed by atoms with Crippen LogP contribution in [0.5, 0.6) is 0 Å². The second kappa shape index (κ2) is 2.58. The lowest BCUT2D eigenvalue weighted by Gasteiger charge is -2.05. The highest BCUT2D eigenvalue weighted by atomic mass is 19.3. The van der Waals surface area contributed by atoms with Gasteiger partial charge in [-0.3, -0.25) is 0 Å². The van der Waals surface area contributed by atoms with Crippen LogP contribution < -0.4 is 5.32 Å². The molecule has 0 spiro atoms. The van der Waals surface area contributed by atoms with Gasteiger partial charge < -0.3 is 10.4 Å². The predicted molar refractivity (Wildman–Crippen MR) is 28.4 cm³/mol. The van der Waals surface area contributed by atoms with Crippen molar-refractivity contribution in [3.63, 3.8) is 0 Å². The number of rotatable bonds is 1. The molecule has 0 saturated carbocycles. The van der Waals surface area contributed by atoms with Crippen molar-refractivity contribution in [1.29, 1.82) is 0 Å². The summed E-state index contributed by atoms with van der Waals surface area (Å²) in [6.07, 6.45) is -2.75. The molecule has 0 aromatic rings. The Kier molecular flexibility index (Phi) is 1.97. The molecular formula is C5H9F2NO. The van der Waals surface area contributed by atoms with E-state index in [9.17, 15) is 8.78 Å². The molecule has 1 fully saturated rings. The monoisotopic (exact) mass is 137 g/mol. The minimum Gasteiger partial charge on any atom is -0.392 e. The van der Waals surface area contributed by atoms with Gasteiger partial charge >= 0.3 is 0 Å². The predicted octanol–water partition coefficient (Wildman–Crippen LogP) is -0.0257. The highest BCUT2D eigenvalue weighted by Gasteiger charge is 2.28. The first kappa shape index (κ1) is 6.89. The average Bonchev–Trinajstić information content (AvgIpc) is 2.14. The summed E-state index contributed by atoms with van der Waals surface area (Å²) in [5, 5.41) is 11.3. The molecule has 2 nitrogen and oxygen atoms in total. The van der Waals surface area contributed by atoms with Gasteiger partial charge in [0, 0.05) is 6.54 Å². The SMILES string of the molecule is O[C@@H]1CN[C@@H](C(F)F)C1. The topological polar surface area (TPSA) is 32.3 Å². The number of nitrogens with one attached hydrogen (secondary N) is 1. The van der Waals surface area contributed by atoms with Gasteiger partial charge in [-0.1, -0.05) is 0 Å². The van der Waals surface area contributed by atoms with E-state index in [4.69, 9.17) is 5.11 Å². The van der Waals surface area contributed by atoms with Crippen LogP contribution in [0.4, 0.5) is 8.78 Å². The summed E-state index contributed by atoms with van der Waals surface area (Å²) in [4.78, 5) is 0. The lowest BCUT2D eigenvalue weighted by atomic mass is 10.2. The fourth-order valence-corrected chi connectivity index (χ4v) is 0.939. The van der Waals surface area contributed by atoms with Crippen LogP contribution in [0.2, 0.25) is 0 Å². The summed E-state index contributed by atoms with van der Waals surface area (Å²) in [6.45, 7) is 0.301. The molecule has 2 N–H and O–H groups in total. The van der Waals surface area contributed by atoms with Crippen molar-refractivity contribution in [2.24, 2.45) is 0 Å². The van der Waals surface area contributed by atoms with E-state index in [1.807, 2.05) is 0 Å². The molecule has 1 aliphatic heterocycles. The Bertz CT molecular complexity index is 99.0. The number of halogens is 2. The van der Waals surface area contributed by atoms with Gasteiger partial charge in [0.05, 0.1) is 12.1 Å². The third kappa shape index (κ3) is 1.59. The van der Waals surface area contributed by atoms with Gasteiger partial charge in [-0.15, -0.1) is 0 Å². The van der Waals surface area contributed by atoms with Gasteiger partial charge in [0.1, 0.15) is 0 Å². The van der Waals surface area contributed by atoms with Crippen molar-refractivity contribution in [1.82, 2.24) is 5.32 Å². The number of alkyl halides is 2. The minimum atomic E-state index is -2.35. The van der Waals surface area contributed by atoms with Crippen molar-refractivity contribution in [3.8, 4) is 0 Å². The van der Waals surface area contributed by atoms with Gasteiger partial charge in [-0.2, -0.15) is 0 Å². The average molecular weight is 137 g/mol. The first-order chi connectivity index (χ1) is 4.20. The highest BCUT2D eigenvalue weighted by molar-refractivity contribution is 4.82. The van der Waals surface area contributed by atoms with E-state index >= 15 is 0 Å². The minimum absolute atomic E-state index is 0.178. The van der Waals surface area contributed by atoms with Gasteiger partial charge in [0.15, 0.2) is 0 Å². The summed E-state index contributed by atoms with van der Waals surface area (Å²) >= 11 is 0. The Morgan fingerprint density at radius 1 is 1.56 bits per heavy atom. The molecular weight excluding hydrogens is 128 g/mol. The number of hydrogen-bond donors (Lipinski definition) is 2. The van der Waals surface area contributed by atoms with Crippen LogP contribution in [0.3, 0.4) is 0 Å². The number of hydrogen-bond acceptors (Lipinski definition) is 2. The van der Waals surface area contributed by atoms with Crippen LogP contribution in [0.25, 0.3) is 0 Å². The highest BCUT2D eigenvalue weighted by Crippen LogP contribution is 2.12. The van der Waals surface area contributed by atoms with E-state index in [1.165, 1.54) is 0 Å². The Morgan fingerprint density at radius 2 is 2.22 bits per heavy atom. The largest absolute Gasteiger partial charge is 0.392 e. The first-order valence-corrected chi connectivity index (χ1v) is 2.89. The molecule has 0 radical (unpaired) electrons. The van der Waals surface area contributed by atoms with E-state index < -0.39 is 18.6 Å². The lowest BCUT2D eigenvalue weighted by Crippen LogP contribution is -2.28. The van der Waals surface area contributed by atoms with Crippen LogP contribution in [0, 0.1) is 0 Å². The van der Waals surface area contributed by atoms with Crippen molar-refractivity contribution in [2.75, 3.05) is 6.54 Å². The molecule has 0 aromatic heterocycles. The summed E-state index contributed by atoms with van der Waals surface area (Å²) in [5.41, 5.74) is 0. The van der Waals surface area contributed by atoms with Crippen LogP contribution >= 0.6 is 0 Å². The lowest BCUT2D eigenvalue weighted by molar-refractivity contribution is 0.0986. The molecule has 0 amide bonds. The smallest absolute Gasteiger partial charge is 0.253 e. The maximum absolute atomic E-state index is 11.7. The molecule has 9 heavy (non-hydrogen) atoms. The third-order valence-corrected chi connectivity index (χ3v) is 1.45. The van der Waals surface area contributed by atoms with Gasteiger partial charge in [-0.25, -0.2) is 8.78 Å². The molecule has 0 unspecified atom stereocenters. The molecule has 1 saturated heterocycles. The Hall–Kier alpha value is -0.220. The third-order valence-electron chi connectivity index (χ3n) is 1.45. The fraction of sp³-hybridized carbons (Fsp3) is 1.00. The summed E-state index contributed by atoms with van der Waals surface area (Å²) in [5.74, 6) is 0. The number of aliphatic hydroxyl groups is 1. The van der Waals surface area contributed by atoms with Crippen molar-refractivity contribution in [2.45, 2.75) is 25.0 Å². The van der Waals surface area contributed by atoms with Gasteiger partial charge in [0.2, 0.25) is 0 Å². The number of β-amino-alcohol motifs (C(OH)–C–C–N with tert-alkyl or cyclic N) is 1. The number of aliphatic hydroxyl groups excluding tert-OH is 1. The zero-order valence-corrected chi connectivity index (χ0v) is 4.85. The molecule has 0 aromatic carbocycles. The Labute approximate surface area is 51.9 Å². The molecule has 2 atom stereocenters. The fourth-order valence-electron chi connectivity index (χ4n) is 0.939. The Morgan fingerprint density at radius 3 is 2.44 bits per heavy atom. The van der Waals surface area contributed by atoms with E-state index in [2.05, 4.69) is 5.32 Å². The summed E-state index contributed by atoms with van der Waals surface area (Å²) in [6, 6.07) is -0.792. The maximum Gasteiger partial charge on any atom is 0.253 e. The van der Waals surface area contributed by atoms with E-state index in [-0.39, 0.29) is 6.42 Å². The van der Waals surface area contributed by atoms with Crippen molar-refractivity contribution in [3.05, 3.63) is 0 Å². The second-order valence-electron chi connectivity index (χ2n) is 2.24. The molecule has 1 heterocycles. The van der Waals surface area contributed by atoms with Crippen LogP contribution in [0.1, 0.15) is 6.42 Å². The van der Waals surface area contributed by atoms with E-state index in [0.717, 1.165) is 0 Å². The second-order valence-corrected chi connectivity index (χ2v) is 2.24. The normalized spacial score (nSPS) is 36.0. The zero-order valence-electron chi connectivity index (χ0n) is 4.85. The van der Waals surface area contributed by atoms with Crippen LogP contribution in [-0.2, 0) is 0 Å². The van der Waals surface area contributed by atoms with E-state index in [0.29, 0.717) is 6.54 Å². The zero-order chi connectivity index (χ0) is 6.85. The van der Waals surface area contributed by atoms with Crippen LogP contribution in [0.15, 0.2) is 0 Å². The molecule has 1 aliphatic rings. The molecule has 1 rings (SSSR count). The summed E-state index contributed by atoms with van der Waals surface area (Å²) in [7, 11) is 0. The van der Waals surface area contributed by atoms with E-state index in [1.54, 1.807) is 0 Å². The van der Waals surface area contributed by atoms with Crippen molar-refractivity contribution < 1.29 is 13.9 Å². The standard InChI is InChI=1S/C5H9F2NO/c6-5(7)4-1-3(9)2-8-4/h3-5,8-9H,1-2H2/t3-,4+/m0/s1. The molecule has 0 aliphatic carbocycles. The molecule has 54 valence electrons. The van der Waals surface area contributed by atoms with Crippen LogP contribution in [-0.4, -0.2) is 30.2 Å². The molecule has 0 bridgehead atoms. The van der Waals surface area contributed by atoms with Gasteiger partial charge in [0.25, 0.3) is 6.43 Å². The first-order valence-electron chi connectivity index (χ1n) is 2.89. The maximum atomic E-state index is 11.7. The quantitative estimate of drug-likeness (QED) is 0.532. The van der Waals surface area contributed by atoms with Crippen molar-refractivity contribution >= 4 is 0 Å². The Balaban J connectivity index is 2.30. The summed E-state index contributed by atoms with van der Waals surface area (Å²) < 4.78 is 23.5.